The summed E-state index contributed by atoms with van der Waals surface area (Å²) in [5.74, 6) is 0.734. The van der Waals surface area contributed by atoms with Crippen LogP contribution < -0.4 is 4.74 Å². The van der Waals surface area contributed by atoms with Crippen molar-refractivity contribution in [1.82, 2.24) is 9.55 Å². The number of carbonyl (C=O) groups is 1. The Morgan fingerprint density at radius 2 is 1.64 bits per heavy atom. The largest absolute Gasteiger partial charge is 0.497 e. The predicted molar refractivity (Wildman–Crippen MR) is 138 cm³/mol. The second-order valence-corrected chi connectivity index (χ2v) is 8.67. The maximum Gasteiger partial charge on any atom is 0.303 e. The number of carboxylic acids is 1. The standard InChI is InChI=1S/C30H28N2O4/c1-35-23-14-12-22(13-15-23)30(26-10-4-2-8-24(26)25-9-3-5-11-27(25)30)36-21-7-6-19-32-20-18-31-28(32)16-17-29(33)34/h2-15,18,20H,16-17,19,21H2,1H3,(H,33,34)/b7-6+. The molecular formula is C30H28N2O4. The number of aryl methyl sites for hydroxylation is 1. The van der Waals surface area contributed by atoms with Crippen molar-refractivity contribution in [2.24, 2.45) is 0 Å². The van der Waals surface area contributed by atoms with Crippen LogP contribution in [0.5, 0.6) is 5.75 Å². The van der Waals surface area contributed by atoms with Crippen LogP contribution in [-0.2, 0) is 28.1 Å². The van der Waals surface area contributed by atoms with Crippen LogP contribution in [0.15, 0.2) is 97.3 Å². The first-order valence-electron chi connectivity index (χ1n) is 12.0. The van der Waals surface area contributed by atoms with Crippen molar-refractivity contribution in [3.8, 4) is 16.9 Å². The number of aliphatic carboxylic acids is 1. The Morgan fingerprint density at radius 3 is 2.28 bits per heavy atom. The van der Waals surface area contributed by atoms with Crippen LogP contribution in [0.25, 0.3) is 11.1 Å². The van der Waals surface area contributed by atoms with E-state index in [4.69, 9.17) is 14.6 Å². The van der Waals surface area contributed by atoms with Gasteiger partial charge in [0.2, 0.25) is 0 Å². The second kappa shape index (κ2) is 10.2. The molecule has 0 amide bonds. The Bertz CT molecular complexity index is 1340. The van der Waals surface area contributed by atoms with Crippen LogP contribution in [0.1, 0.15) is 28.9 Å². The van der Waals surface area contributed by atoms with Gasteiger partial charge in [-0.05, 0) is 28.8 Å². The van der Waals surface area contributed by atoms with E-state index >= 15 is 0 Å². The number of nitrogens with zero attached hydrogens (tertiary/aromatic N) is 2. The van der Waals surface area contributed by atoms with Gasteiger partial charge in [0.1, 0.15) is 17.2 Å². The summed E-state index contributed by atoms with van der Waals surface area (Å²) in [7, 11) is 1.67. The molecule has 1 aliphatic carbocycles. The van der Waals surface area contributed by atoms with Gasteiger partial charge in [0.25, 0.3) is 0 Å². The smallest absolute Gasteiger partial charge is 0.303 e. The maximum atomic E-state index is 10.9. The summed E-state index contributed by atoms with van der Waals surface area (Å²) in [5.41, 5.74) is 4.89. The minimum atomic E-state index is -0.825. The van der Waals surface area contributed by atoms with Crippen LogP contribution in [-0.4, -0.2) is 34.3 Å². The van der Waals surface area contributed by atoms with Gasteiger partial charge in [-0.3, -0.25) is 4.79 Å². The predicted octanol–water partition coefficient (Wildman–Crippen LogP) is 5.45. The van der Waals surface area contributed by atoms with E-state index < -0.39 is 11.6 Å². The fraction of sp³-hybridized carbons (Fsp3) is 0.200. The third kappa shape index (κ3) is 4.32. The SMILES string of the molecule is COc1ccc(C2(OC/C=C/Cn3ccnc3CCC(=O)O)c3ccccc3-c3ccccc32)cc1. The quantitative estimate of drug-likeness (QED) is 0.305. The summed E-state index contributed by atoms with van der Waals surface area (Å²) < 4.78 is 14.2. The Labute approximate surface area is 210 Å². The molecule has 5 rings (SSSR count). The highest BCUT2D eigenvalue weighted by molar-refractivity contribution is 5.82. The summed E-state index contributed by atoms with van der Waals surface area (Å²) in [5, 5.41) is 8.97. The molecule has 3 aromatic carbocycles. The Morgan fingerprint density at radius 1 is 0.972 bits per heavy atom. The van der Waals surface area contributed by atoms with Crippen LogP contribution >= 0.6 is 0 Å². The highest BCUT2D eigenvalue weighted by Gasteiger charge is 2.45. The molecule has 4 aromatic rings. The number of hydrogen-bond acceptors (Lipinski definition) is 4. The van der Waals surface area contributed by atoms with E-state index in [0.29, 0.717) is 19.6 Å². The lowest BCUT2D eigenvalue weighted by Crippen LogP contribution is -2.30. The monoisotopic (exact) mass is 480 g/mol. The Hall–Kier alpha value is -4.16. The summed E-state index contributed by atoms with van der Waals surface area (Å²) in [6.07, 6.45) is 8.07. The number of imidazole rings is 1. The average molecular weight is 481 g/mol. The Balaban J connectivity index is 1.43. The molecule has 1 aliphatic rings. The summed E-state index contributed by atoms with van der Waals surface area (Å²) >= 11 is 0. The van der Waals surface area contributed by atoms with Crippen LogP contribution in [0.2, 0.25) is 0 Å². The number of fused-ring (bicyclic) bond motifs is 3. The molecule has 0 bridgehead atoms. The van der Waals surface area contributed by atoms with Crippen molar-refractivity contribution in [3.05, 3.63) is 120 Å². The van der Waals surface area contributed by atoms with E-state index in [1.807, 2.05) is 35.0 Å². The zero-order valence-corrected chi connectivity index (χ0v) is 20.1. The molecule has 1 N–H and O–H groups in total. The van der Waals surface area contributed by atoms with Gasteiger partial charge in [-0.15, -0.1) is 0 Å². The number of hydrogen-bond donors (Lipinski definition) is 1. The van der Waals surface area contributed by atoms with Crippen LogP contribution in [0.4, 0.5) is 0 Å². The van der Waals surface area contributed by atoms with Gasteiger partial charge in [0, 0.05) is 36.5 Å². The number of aromatic nitrogens is 2. The number of allylic oxidation sites excluding steroid dienone is 1. The zero-order chi connectivity index (χ0) is 25.0. The molecule has 0 atom stereocenters. The first kappa shape index (κ1) is 23.6. The molecule has 0 radical (unpaired) electrons. The van der Waals surface area contributed by atoms with E-state index in [-0.39, 0.29) is 6.42 Å². The molecule has 0 aliphatic heterocycles. The average Bonchev–Trinajstić information content (AvgIpc) is 3.48. The van der Waals surface area contributed by atoms with Gasteiger partial charge in [-0.25, -0.2) is 4.98 Å². The number of carboxylic acid groups (broad SMARTS) is 1. The highest BCUT2D eigenvalue weighted by atomic mass is 16.5. The van der Waals surface area contributed by atoms with E-state index in [9.17, 15) is 4.79 Å². The first-order chi connectivity index (χ1) is 17.6. The molecule has 0 saturated heterocycles. The third-order valence-corrected chi connectivity index (χ3v) is 6.63. The van der Waals surface area contributed by atoms with Gasteiger partial charge >= 0.3 is 5.97 Å². The van der Waals surface area contributed by atoms with Gasteiger partial charge in [0.05, 0.1) is 20.1 Å². The molecule has 6 nitrogen and oxygen atoms in total. The van der Waals surface area contributed by atoms with E-state index in [1.165, 1.54) is 11.1 Å². The molecule has 0 saturated carbocycles. The summed E-state index contributed by atoms with van der Waals surface area (Å²) in [4.78, 5) is 15.2. The molecular weight excluding hydrogens is 452 g/mol. The number of benzene rings is 3. The molecule has 0 fully saturated rings. The fourth-order valence-corrected chi connectivity index (χ4v) is 4.95. The second-order valence-electron chi connectivity index (χ2n) is 8.67. The number of ether oxygens (including phenoxy) is 2. The van der Waals surface area contributed by atoms with Crippen molar-refractivity contribution in [3.63, 3.8) is 0 Å². The number of rotatable bonds is 10. The molecule has 0 spiro atoms. The lowest BCUT2D eigenvalue weighted by molar-refractivity contribution is -0.137. The Kier molecular flexibility index (Phi) is 6.69. The third-order valence-electron chi connectivity index (χ3n) is 6.63. The molecule has 1 aromatic heterocycles. The topological polar surface area (TPSA) is 73.6 Å². The van der Waals surface area contributed by atoms with Gasteiger partial charge in [-0.1, -0.05) is 72.8 Å². The van der Waals surface area contributed by atoms with Crippen molar-refractivity contribution < 1.29 is 19.4 Å². The van der Waals surface area contributed by atoms with Crippen molar-refractivity contribution in [2.45, 2.75) is 25.0 Å². The van der Waals surface area contributed by atoms with E-state index in [1.54, 1.807) is 13.3 Å². The zero-order valence-electron chi connectivity index (χ0n) is 20.1. The summed E-state index contributed by atoms with van der Waals surface area (Å²) in [6, 6.07) is 24.9. The van der Waals surface area contributed by atoms with Gasteiger partial charge < -0.3 is 19.1 Å². The lowest BCUT2D eigenvalue weighted by Gasteiger charge is -2.32. The molecule has 6 heteroatoms. The van der Waals surface area contributed by atoms with Crippen molar-refractivity contribution in [1.29, 1.82) is 0 Å². The lowest BCUT2D eigenvalue weighted by atomic mass is 9.84. The van der Waals surface area contributed by atoms with Gasteiger partial charge in [-0.2, -0.15) is 0 Å². The van der Waals surface area contributed by atoms with Gasteiger partial charge in [0.15, 0.2) is 0 Å². The maximum absolute atomic E-state index is 10.9. The minimum absolute atomic E-state index is 0.0625. The van der Waals surface area contributed by atoms with Crippen molar-refractivity contribution in [2.75, 3.05) is 13.7 Å². The fourth-order valence-electron chi connectivity index (χ4n) is 4.95. The van der Waals surface area contributed by atoms with Crippen LogP contribution in [0.3, 0.4) is 0 Å². The molecule has 182 valence electrons. The molecule has 36 heavy (non-hydrogen) atoms. The summed E-state index contributed by atoms with van der Waals surface area (Å²) in [6.45, 7) is 0.995. The minimum Gasteiger partial charge on any atom is -0.497 e. The number of methoxy groups -OCH3 is 1. The molecule has 0 unspecified atom stereocenters. The van der Waals surface area contributed by atoms with E-state index in [0.717, 1.165) is 28.3 Å². The molecule has 1 heterocycles. The van der Waals surface area contributed by atoms with E-state index in [2.05, 4.69) is 65.6 Å². The first-order valence-corrected chi connectivity index (χ1v) is 12.0. The normalized spacial score (nSPS) is 13.5. The van der Waals surface area contributed by atoms with Crippen molar-refractivity contribution >= 4 is 5.97 Å². The van der Waals surface area contributed by atoms with Crippen LogP contribution in [0, 0.1) is 0 Å². The highest BCUT2D eigenvalue weighted by Crippen LogP contribution is 2.53.